The molecule has 5 nitrogen and oxygen atoms in total. The van der Waals surface area contributed by atoms with Crippen molar-refractivity contribution in [2.75, 3.05) is 66.0 Å². The van der Waals surface area contributed by atoms with Gasteiger partial charge in [0.05, 0.1) is 6.54 Å². The van der Waals surface area contributed by atoms with Crippen LogP contribution in [0.1, 0.15) is 12.0 Å². The number of benzene rings is 1. The predicted molar refractivity (Wildman–Crippen MR) is 96.9 cm³/mol. The maximum absolute atomic E-state index is 12.6. The van der Waals surface area contributed by atoms with E-state index in [0.29, 0.717) is 12.5 Å². The molecule has 2 heterocycles. The summed E-state index contributed by atoms with van der Waals surface area (Å²) in [5.41, 5.74) is 1.37. The fraction of sp³-hybridized carbons (Fsp3) is 0.632. The van der Waals surface area contributed by atoms with Crippen LogP contribution in [0.25, 0.3) is 0 Å². The first kappa shape index (κ1) is 17.4. The number of carbonyl (C=O) groups is 1. The van der Waals surface area contributed by atoms with Crippen LogP contribution in [-0.4, -0.2) is 91.5 Å². The average molecular weight is 330 g/mol. The molecular weight excluding hydrogens is 300 g/mol. The molecule has 0 atom stereocenters. The van der Waals surface area contributed by atoms with Gasteiger partial charge in [-0.05, 0) is 25.6 Å². The van der Waals surface area contributed by atoms with Crippen LogP contribution in [0.5, 0.6) is 0 Å². The highest BCUT2D eigenvalue weighted by Gasteiger charge is 2.22. The molecule has 0 bridgehead atoms. The summed E-state index contributed by atoms with van der Waals surface area (Å²) in [5.74, 6) is 0.307. The molecule has 0 radical (unpaired) electrons. The zero-order chi connectivity index (χ0) is 16.8. The Hall–Kier alpha value is -1.43. The molecule has 5 heteroatoms. The predicted octanol–water partition coefficient (Wildman–Crippen LogP) is 0.968. The van der Waals surface area contributed by atoms with Gasteiger partial charge >= 0.3 is 0 Å². The molecule has 1 aromatic carbocycles. The Balaban J connectivity index is 1.41. The molecule has 0 saturated carbocycles. The molecule has 1 aromatic rings. The van der Waals surface area contributed by atoms with Crippen LogP contribution in [-0.2, 0) is 11.3 Å². The van der Waals surface area contributed by atoms with Crippen LogP contribution in [0.4, 0.5) is 0 Å². The van der Waals surface area contributed by atoms with Gasteiger partial charge in [-0.25, -0.2) is 0 Å². The lowest BCUT2D eigenvalue weighted by Gasteiger charge is -2.35. The second kappa shape index (κ2) is 8.60. The Kier molecular flexibility index (Phi) is 6.24. The van der Waals surface area contributed by atoms with Crippen molar-refractivity contribution >= 4 is 5.91 Å². The van der Waals surface area contributed by atoms with Crippen LogP contribution in [0.3, 0.4) is 0 Å². The fourth-order valence-electron chi connectivity index (χ4n) is 3.53. The minimum Gasteiger partial charge on any atom is -0.340 e. The summed E-state index contributed by atoms with van der Waals surface area (Å²) in [6.45, 7) is 9.57. The van der Waals surface area contributed by atoms with Gasteiger partial charge in [0.1, 0.15) is 0 Å². The molecule has 0 unspecified atom stereocenters. The number of rotatable bonds is 4. The molecule has 132 valence electrons. The summed E-state index contributed by atoms with van der Waals surface area (Å²) in [5, 5.41) is 0. The number of nitrogens with zero attached hydrogens (tertiary/aromatic N) is 4. The molecule has 3 rings (SSSR count). The van der Waals surface area contributed by atoms with Crippen molar-refractivity contribution in [2.24, 2.45) is 0 Å². The van der Waals surface area contributed by atoms with E-state index < -0.39 is 0 Å². The number of amides is 1. The normalized spacial score (nSPS) is 21.6. The van der Waals surface area contributed by atoms with Crippen molar-refractivity contribution in [3.63, 3.8) is 0 Å². The Morgan fingerprint density at radius 2 is 1.58 bits per heavy atom. The third-order valence-corrected chi connectivity index (χ3v) is 5.14. The van der Waals surface area contributed by atoms with Gasteiger partial charge in [-0.15, -0.1) is 0 Å². The number of hydrogen-bond acceptors (Lipinski definition) is 4. The van der Waals surface area contributed by atoms with Gasteiger partial charge in [0.25, 0.3) is 0 Å². The monoisotopic (exact) mass is 330 g/mol. The second-order valence-corrected chi connectivity index (χ2v) is 7.08. The third kappa shape index (κ3) is 5.03. The van der Waals surface area contributed by atoms with E-state index in [1.807, 2.05) is 0 Å². The number of likely N-dealkylation sites (N-methyl/N-ethyl adjacent to an activating group) is 1. The minimum atomic E-state index is 0.307. The summed E-state index contributed by atoms with van der Waals surface area (Å²) in [6, 6.07) is 10.6. The Bertz CT molecular complexity index is 513. The second-order valence-electron chi connectivity index (χ2n) is 7.08. The molecule has 0 N–H and O–H groups in total. The van der Waals surface area contributed by atoms with E-state index in [9.17, 15) is 4.79 Å². The van der Waals surface area contributed by atoms with E-state index in [1.165, 1.54) is 5.56 Å². The minimum absolute atomic E-state index is 0.307. The maximum Gasteiger partial charge on any atom is 0.236 e. The summed E-state index contributed by atoms with van der Waals surface area (Å²) >= 11 is 0. The molecule has 2 aliphatic heterocycles. The highest BCUT2D eigenvalue weighted by molar-refractivity contribution is 5.78. The summed E-state index contributed by atoms with van der Waals surface area (Å²) in [4.78, 5) is 21.7. The molecule has 2 aliphatic rings. The molecule has 0 aliphatic carbocycles. The lowest BCUT2D eigenvalue weighted by atomic mass is 10.2. The molecule has 24 heavy (non-hydrogen) atoms. The number of hydrogen-bond donors (Lipinski definition) is 0. The molecule has 0 spiro atoms. The van der Waals surface area contributed by atoms with Crippen molar-refractivity contribution in [1.82, 2.24) is 19.6 Å². The van der Waals surface area contributed by atoms with Gasteiger partial charge in [-0.1, -0.05) is 30.3 Å². The van der Waals surface area contributed by atoms with E-state index in [4.69, 9.17) is 0 Å². The Morgan fingerprint density at radius 3 is 2.33 bits per heavy atom. The first-order valence-electron chi connectivity index (χ1n) is 9.16. The standard InChI is InChI=1S/C19H30N4O/c1-20-8-5-9-23(15-10-20)19(24)17-22-13-11-21(12-14-22)16-18-6-3-2-4-7-18/h2-4,6-7H,5,8-17H2,1H3. The highest BCUT2D eigenvalue weighted by Crippen LogP contribution is 2.09. The highest BCUT2D eigenvalue weighted by atomic mass is 16.2. The first-order valence-corrected chi connectivity index (χ1v) is 9.16. The van der Waals surface area contributed by atoms with E-state index in [-0.39, 0.29) is 0 Å². The summed E-state index contributed by atoms with van der Waals surface area (Å²) in [7, 11) is 2.14. The zero-order valence-electron chi connectivity index (χ0n) is 14.9. The lowest BCUT2D eigenvalue weighted by Crippen LogP contribution is -2.50. The summed E-state index contributed by atoms with van der Waals surface area (Å²) in [6.07, 6.45) is 1.09. The molecule has 2 fully saturated rings. The van der Waals surface area contributed by atoms with Crippen LogP contribution in [0.15, 0.2) is 30.3 Å². The third-order valence-electron chi connectivity index (χ3n) is 5.14. The summed E-state index contributed by atoms with van der Waals surface area (Å²) < 4.78 is 0. The molecule has 0 aromatic heterocycles. The molecular formula is C19H30N4O. The average Bonchev–Trinajstić information content (AvgIpc) is 2.82. The van der Waals surface area contributed by atoms with Crippen LogP contribution < -0.4 is 0 Å². The van der Waals surface area contributed by atoms with E-state index in [2.05, 4.69) is 57.0 Å². The smallest absolute Gasteiger partial charge is 0.236 e. The molecule has 1 amide bonds. The van der Waals surface area contributed by atoms with Crippen LogP contribution >= 0.6 is 0 Å². The fourth-order valence-corrected chi connectivity index (χ4v) is 3.53. The van der Waals surface area contributed by atoms with Gasteiger partial charge in [-0.2, -0.15) is 0 Å². The number of carbonyl (C=O) groups excluding carboxylic acids is 1. The van der Waals surface area contributed by atoms with Crippen molar-refractivity contribution in [3.8, 4) is 0 Å². The Labute approximate surface area is 145 Å². The lowest BCUT2D eigenvalue weighted by molar-refractivity contribution is -0.132. The quantitative estimate of drug-likeness (QED) is 0.823. The van der Waals surface area contributed by atoms with Gasteiger partial charge in [0.15, 0.2) is 0 Å². The van der Waals surface area contributed by atoms with Gasteiger partial charge in [0, 0.05) is 52.4 Å². The van der Waals surface area contributed by atoms with E-state index in [0.717, 1.165) is 65.3 Å². The van der Waals surface area contributed by atoms with Gasteiger partial charge < -0.3 is 9.80 Å². The largest absolute Gasteiger partial charge is 0.340 e. The maximum atomic E-state index is 12.6. The van der Waals surface area contributed by atoms with Gasteiger partial charge in [0.2, 0.25) is 5.91 Å². The van der Waals surface area contributed by atoms with E-state index in [1.54, 1.807) is 0 Å². The zero-order valence-corrected chi connectivity index (χ0v) is 14.9. The Morgan fingerprint density at radius 1 is 0.875 bits per heavy atom. The van der Waals surface area contributed by atoms with Gasteiger partial charge in [-0.3, -0.25) is 14.6 Å². The SMILES string of the molecule is CN1CCCN(C(=O)CN2CCN(Cc3ccccc3)CC2)CC1. The molecule has 2 saturated heterocycles. The topological polar surface area (TPSA) is 30.0 Å². The van der Waals surface area contributed by atoms with Crippen molar-refractivity contribution in [2.45, 2.75) is 13.0 Å². The van der Waals surface area contributed by atoms with Crippen LogP contribution in [0, 0.1) is 0 Å². The van der Waals surface area contributed by atoms with E-state index >= 15 is 0 Å². The van der Waals surface area contributed by atoms with Crippen molar-refractivity contribution < 1.29 is 4.79 Å². The van der Waals surface area contributed by atoms with Crippen LogP contribution in [0.2, 0.25) is 0 Å². The van der Waals surface area contributed by atoms with Crippen molar-refractivity contribution in [1.29, 1.82) is 0 Å². The number of piperazine rings is 1. The first-order chi connectivity index (χ1) is 11.7. The van der Waals surface area contributed by atoms with Crippen molar-refractivity contribution in [3.05, 3.63) is 35.9 Å².